The van der Waals surface area contributed by atoms with Gasteiger partial charge in [0.25, 0.3) is 0 Å². The van der Waals surface area contributed by atoms with Gasteiger partial charge in [-0.3, -0.25) is 4.21 Å². The van der Waals surface area contributed by atoms with Gasteiger partial charge in [-0.2, -0.15) is 0 Å². The Balaban J connectivity index is 1.64. The SMILES string of the molecule is CCNC(=NCc1cc2ccccc2[nH]1)NC1CCCC(S(=O)CC)C1. The summed E-state index contributed by atoms with van der Waals surface area (Å²) >= 11 is 0. The van der Waals surface area contributed by atoms with Gasteiger partial charge in [0.05, 0.1) is 6.54 Å². The summed E-state index contributed by atoms with van der Waals surface area (Å²) in [6.07, 6.45) is 4.31. The summed E-state index contributed by atoms with van der Waals surface area (Å²) < 4.78 is 12.2. The molecule has 1 aromatic heterocycles. The molecule has 0 bridgehead atoms. The fraction of sp³-hybridized carbons (Fsp3) is 0.550. The second kappa shape index (κ2) is 9.21. The maximum Gasteiger partial charge on any atom is 0.191 e. The van der Waals surface area contributed by atoms with Crippen LogP contribution < -0.4 is 10.6 Å². The smallest absolute Gasteiger partial charge is 0.191 e. The van der Waals surface area contributed by atoms with Crippen molar-refractivity contribution in [3.05, 3.63) is 36.0 Å². The van der Waals surface area contributed by atoms with Crippen molar-refractivity contribution in [2.24, 2.45) is 4.99 Å². The van der Waals surface area contributed by atoms with Gasteiger partial charge in [0.2, 0.25) is 0 Å². The normalized spacial score (nSPS) is 22.3. The Morgan fingerprint density at radius 2 is 2.15 bits per heavy atom. The van der Waals surface area contributed by atoms with Gasteiger partial charge in [-0.25, -0.2) is 4.99 Å². The van der Waals surface area contributed by atoms with Gasteiger partial charge in [-0.05, 0) is 43.7 Å². The molecule has 3 unspecified atom stereocenters. The Morgan fingerprint density at radius 3 is 2.92 bits per heavy atom. The van der Waals surface area contributed by atoms with Crippen molar-refractivity contribution < 1.29 is 4.21 Å². The predicted molar refractivity (Wildman–Crippen MR) is 111 cm³/mol. The molecule has 3 atom stereocenters. The Bertz CT molecular complexity index is 737. The standard InChI is InChI=1S/C20H30N4OS/c1-3-21-20(24-16-9-7-10-18(13-16)26(25)4-2)22-14-17-12-15-8-5-6-11-19(15)23-17/h5-6,8,11-12,16,18,23H,3-4,7,9-10,13-14H2,1-2H3,(H2,21,22,24). The van der Waals surface area contributed by atoms with E-state index in [0.29, 0.717) is 17.8 Å². The van der Waals surface area contributed by atoms with Crippen LogP contribution in [0.5, 0.6) is 0 Å². The van der Waals surface area contributed by atoms with Crippen LogP contribution in [-0.4, -0.2) is 38.7 Å². The topological polar surface area (TPSA) is 69.3 Å². The van der Waals surface area contributed by atoms with Gasteiger partial charge >= 0.3 is 0 Å². The second-order valence-electron chi connectivity index (χ2n) is 6.88. The molecule has 0 radical (unpaired) electrons. The highest BCUT2D eigenvalue weighted by Crippen LogP contribution is 2.23. The zero-order valence-electron chi connectivity index (χ0n) is 15.8. The van der Waals surface area contributed by atoms with Crippen molar-refractivity contribution in [2.75, 3.05) is 12.3 Å². The van der Waals surface area contributed by atoms with Gasteiger partial charge < -0.3 is 15.6 Å². The number of para-hydroxylation sites is 1. The van der Waals surface area contributed by atoms with Crippen molar-refractivity contribution in [1.82, 2.24) is 15.6 Å². The molecule has 0 amide bonds. The number of fused-ring (bicyclic) bond motifs is 1. The van der Waals surface area contributed by atoms with Crippen LogP contribution in [0.15, 0.2) is 35.3 Å². The first-order chi connectivity index (χ1) is 12.7. The summed E-state index contributed by atoms with van der Waals surface area (Å²) in [5.41, 5.74) is 2.25. The molecule has 1 aromatic carbocycles. The van der Waals surface area contributed by atoms with Crippen LogP contribution in [0.3, 0.4) is 0 Å². The van der Waals surface area contributed by atoms with Gasteiger partial charge in [-0.1, -0.05) is 31.5 Å². The number of aromatic nitrogens is 1. The maximum absolute atomic E-state index is 12.2. The number of hydrogen-bond donors (Lipinski definition) is 3. The van der Waals surface area contributed by atoms with E-state index in [1.807, 2.05) is 13.0 Å². The molecule has 0 saturated heterocycles. The third-order valence-corrected chi connectivity index (χ3v) is 6.70. The van der Waals surface area contributed by atoms with E-state index in [0.717, 1.165) is 55.2 Å². The van der Waals surface area contributed by atoms with E-state index in [1.54, 1.807) is 0 Å². The Hall–Kier alpha value is -1.82. The average Bonchev–Trinajstić information content (AvgIpc) is 3.09. The lowest BCUT2D eigenvalue weighted by Crippen LogP contribution is -2.46. The first-order valence-electron chi connectivity index (χ1n) is 9.68. The summed E-state index contributed by atoms with van der Waals surface area (Å²) in [7, 11) is -0.701. The van der Waals surface area contributed by atoms with E-state index in [9.17, 15) is 4.21 Å². The quantitative estimate of drug-likeness (QED) is 0.537. The molecule has 1 saturated carbocycles. The van der Waals surface area contributed by atoms with Gasteiger partial charge in [0.1, 0.15) is 0 Å². The monoisotopic (exact) mass is 374 g/mol. The molecule has 3 N–H and O–H groups in total. The van der Waals surface area contributed by atoms with E-state index in [4.69, 9.17) is 4.99 Å². The number of nitrogens with one attached hydrogen (secondary N) is 3. The number of hydrogen-bond acceptors (Lipinski definition) is 2. The van der Waals surface area contributed by atoms with Crippen LogP contribution in [-0.2, 0) is 17.3 Å². The molecule has 2 aromatic rings. The van der Waals surface area contributed by atoms with E-state index in [-0.39, 0.29) is 0 Å². The van der Waals surface area contributed by atoms with E-state index in [1.165, 1.54) is 5.39 Å². The maximum atomic E-state index is 12.2. The molecule has 142 valence electrons. The number of nitrogens with zero attached hydrogens (tertiary/aromatic N) is 1. The molecule has 0 aliphatic heterocycles. The fourth-order valence-electron chi connectivity index (χ4n) is 3.65. The molecule has 1 aliphatic carbocycles. The van der Waals surface area contributed by atoms with Crippen molar-refractivity contribution in [3.63, 3.8) is 0 Å². The average molecular weight is 375 g/mol. The first-order valence-corrected chi connectivity index (χ1v) is 11.1. The number of H-pyrrole nitrogens is 1. The first kappa shape index (κ1) is 19.0. The largest absolute Gasteiger partial charge is 0.357 e. The van der Waals surface area contributed by atoms with Crippen molar-refractivity contribution >= 4 is 27.7 Å². The Morgan fingerprint density at radius 1 is 1.31 bits per heavy atom. The van der Waals surface area contributed by atoms with E-state index in [2.05, 4.69) is 46.8 Å². The van der Waals surface area contributed by atoms with Gasteiger partial charge in [0.15, 0.2) is 5.96 Å². The Labute approximate surface area is 158 Å². The fourth-order valence-corrected chi connectivity index (χ4v) is 4.99. The summed E-state index contributed by atoms with van der Waals surface area (Å²) in [5.74, 6) is 1.60. The lowest BCUT2D eigenvalue weighted by molar-refractivity contribution is 0.413. The summed E-state index contributed by atoms with van der Waals surface area (Å²) in [6, 6.07) is 10.8. The molecular formula is C20H30N4OS. The Kier molecular flexibility index (Phi) is 6.72. The highest BCUT2D eigenvalue weighted by atomic mass is 32.2. The van der Waals surface area contributed by atoms with Crippen LogP contribution in [0.1, 0.15) is 45.2 Å². The molecular weight excluding hydrogens is 344 g/mol. The van der Waals surface area contributed by atoms with Crippen LogP contribution in [0.2, 0.25) is 0 Å². The second-order valence-corrected chi connectivity index (χ2v) is 8.88. The van der Waals surface area contributed by atoms with Gasteiger partial charge in [-0.15, -0.1) is 0 Å². The van der Waals surface area contributed by atoms with Crippen LogP contribution in [0.4, 0.5) is 0 Å². The molecule has 1 heterocycles. The molecule has 1 aliphatic rings. The van der Waals surface area contributed by atoms with Crippen molar-refractivity contribution in [2.45, 2.75) is 57.4 Å². The zero-order chi connectivity index (χ0) is 18.4. The van der Waals surface area contributed by atoms with Crippen LogP contribution in [0.25, 0.3) is 10.9 Å². The summed E-state index contributed by atoms with van der Waals surface area (Å²) in [6.45, 7) is 5.53. The molecule has 5 nitrogen and oxygen atoms in total. The van der Waals surface area contributed by atoms with Crippen molar-refractivity contribution in [3.8, 4) is 0 Å². The highest BCUT2D eigenvalue weighted by molar-refractivity contribution is 7.85. The number of guanidine groups is 1. The third-order valence-electron chi connectivity index (χ3n) is 4.96. The minimum Gasteiger partial charge on any atom is -0.357 e. The number of benzene rings is 1. The molecule has 3 rings (SSSR count). The lowest BCUT2D eigenvalue weighted by atomic mass is 9.95. The lowest BCUT2D eigenvalue weighted by Gasteiger charge is -2.30. The molecule has 26 heavy (non-hydrogen) atoms. The third kappa shape index (κ3) is 4.87. The van der Waals surface area contributed by atoms with Crippen LogP contribution >= 0.6 is 0 Å². The number of aliphatic imine (C=N–C) groups is 1. The number of aromatic amines is 1. The highest BCUT2D eigenvalue weighted by Gasteiger charge is 2.26. The van der Waals surface area contributed by atoms with E-state index >= 15 is 0 Å². The zero-order valence-corrected chi connectivity index (χ0v) is 16.6. The van der Waals surface area contributed by atoms with Crippen molar-refractivity contribution in [1.29, 1.82) is 0 Å². The minimum atomic E-state index is -0.701. The predicted octanol–water partition coefficient (Wildman–Crippen LogP) is 3.30. The van der Waals surface area contributed by atoms with Crippen LogP contribution in [0, 0.1) is 0 Å². The van der Waals surface area contributed by atoms with E-state index < -0.39 is 10.8 Å². The summed E-state index contributed by atoms with van der Waals surface area (Å²) in [5, 5.41) is 8.44. The molecule has 0 spiro atoms. The minimum absolute atomic E-state index is 0.322. The van der Waals surface area contributed by atoms with Gasteiger partial charge in [0, 0.05) is 45.6 Å². The number of rotatable bonds is 6. The summed E-state index contributed by atoms with van der Waals surface area (Å²) in [4.78, 5) is 8.17. The molecule has 1 fully saturated rings. The molecule has 6 heteroatoms.